The van der Waals surface area contributed by atoms with Gasteiger partial charge in [0.15, 0.2) is 6.61 Å². The van der Waals surface area contributed by atoms with Crippen molar-refractivity contribution in [3.05, 3.63) is 76.3 Å². The number of nitrogens with zero attached hydrogens (tertiary/aromatic N) is 3. The number of morpholine rings is 1. The predicted octanol–water partition coefficient (Wildman–Crippen LogP) is 4.88. The monoisotopic (exact) mass is 610 g/mol. The molecule has 3 aromatic carbocycles. The molecule has 220 valence electrons. The van der Waals surface area contributed by atoms with Crippen LogP contribution in [0.2, 0.25) is 10.0 Å². The lowest BCUT2D eigenvalue weighted by atomic mass is 9.98. The van der Waals surface area contributed by atoms with Gasteiger partial charge in [0.2, 0.25) is 11.8 Å². The van der Waals surface area contributed by atoms with E-state index >= 15 is 0 Å². The van der Waals surface area contributed by atoms with Crippen molar-refractivity contribution in [2.45, 2.75) is 13.0 Å². The third-order valence-corrected chi connectivity index (χ3v) is 8.16. The Balaban J connectivity index is 1.36. The van der Waals surface area contributed by atoms with Gasteiger partial charge in [0, 0.05) is 50.9 Å². The first-order valence-corrected chi connectivity index (χ1v) is 14.4. The summed E-state index contributed by atoms with van der Waals surface area (Å²) in [6, 6.07) is 18.9. The minimum atomic E-state index is -0.331. The van der Waals surface area contributed by atoms with E-state index in [-0.39, 0.29) is 41.9 Å². The fraction of sp³-hybridized carbons (Fsp3) is 0.323. The lowest BCUT2D eigenvalue weighted by Crippen LogP contribution is -2.48. The smallest absolute Gasteiger partial charge is 0.265 e. The molecule has 11 heteroatoms. The normalized spacial score (nSPS) is 15.9. The van der Waals surface area contributed by atoms with Crippen molar-refractivity contribution in [3.63, 3.8) is 0 Å². The highest BCUT2D eigenvalue weighted by Crippen LogP contribution is 2.39. The zero-order chi connectivity index (χ0) is 29.8. The number of para-hydroxylation sites is 1. The molecule has 5 rings (SSSR count). The molecule has 9 nitrogen and oxygen atoms in total. The van der Waals surface area contributed by atoms with Gasteiger partial charge in [-0.3, -0.25) is 24.2 Å². The molecule has 0 bridgehead atoms. The number of hydrogen-bond donors (Lipinski definition) is 1. The average molecular weight is 612 g/mol. The van der Waals surface area contributed by atoms with Gasteiger partial charge in [-0.25, -0.2) is 0 Å². The van der Waals surface area contributed by atoms with E-state index in [0.29, 0.717) is 36.2 Å². The SMILES string of the molecule is CC(=O)Nc1ccccc1-c1ccc(C(CN(C)C(=O)CN2C(=O)COc3cc(Cl)c(Cl)cc32)N2CCOCC2)cc1. The second kappa shape index (κ2) is 13.1. The fourth-order valence-electron chi connectivity index (χ4n) is 5.23. The molecule has 0 spiro atoms. The Bertz CT molecular complexity index is 1480. The summed E-state index contributed by atoms with van der Waals surface area (Å²) in [5.74, 6) is -0.275. The zero-order valence-corrected chi connectivity index (χ0v) is 25.0. The van der Waals surface area contributed by atoms with E-state index in [4.69, 9.17) is 32.7 Å². The summed E-state index contributed by atoms with van der Waals surface area (Å²) in [5.41, 5.74) is 4.10. The summed E-state index contributed by atoms with van der Waals surface area (Å²) in [7, 11) is 1.74. The molecule has 0 aliphatic carbocycles. The molecule has 1 saturated heterocycles. The first-order valence-electron chi connectivity index (χ1n) is 13.7. The lowest BCUT2D eigenvalue weighted by Gasteiger charge is -2.37. The number of halogens is 2. The van der Waals surface area contributed by atoms with Crippen molar-refractivity contribution < 1.29 is 23.9 Å². The number of rotatable bonds is 8. The van der Waals surface area contributed by atoms with Crippen LogP contribution in [-0.4, -0.2) is 80.6 Å². The third kappa shape index (κ3) is 6.71. The molecule has 0 saturated carbocycles. The Morgan fingerprint density at radius 2 is 1.71 bits per heavy atom. The number of amides is 3. The highest BCUT2D eigenvalue weighted by atomic mass is 35.5. The summed E-state index contributed by atoms with van der Waals surface area (Å²) in [4.78, 5) is 43.3. The van der Waals surface area contributed by atoms with E-state index in [0.717, 1.165) is 35.5 Å². The molecule has 0 aromatic heterocycles. The van der Waals surface area contributed by atoms with Gasteiger partial charge in [-0.2, -0.15) is 0 Å². The minimum Gasteiger partial charge on any atom is -0.482 e. The van der Waals surface area contributed by atoms with Gasteiger partial charge in [-0.1, -0.05) is 65.7 Å². The maximum atomic E-state index is 13.5. The van der Waals surface area contributed by atoms with Crippen molar-refractivity contribution in [2.75, 3.05) is 63.3 Å². The second-order valence-electron chi connectivity index (χ2n) is 10.3. The van der Waals surface area contributed by atoms with Crippen LogP contribution in [0.4, 0.5) is 11.4 Å². The summed E-state index contributed by atoms with van der Waals surface area (Å²) < 4.78 is 11.1. The van der Waals surface area contributed by atoms with Crippen molar-refractivity contribution in [1.29, 1.82) is 0 Å². The summed E-state index contributed by atoms with van der Waals surface area (Å²) in [6.07, 6.45) is 0. The number of likely N-dealkylation sites (N-methyl/N-ethyl adjacent to an activating group) is 1. The van der Waals surface area contributed by atoms with Crippen molar-refractivity contribution >= 4 is 52.3 Å². The molecule has 1 atom stereocenters. The molecular weight excluding hydrogens is 579 g/mol. The number of carbonyl (C=O) groups excluding carboxylic acids is 3. The highest BCUT2D eigenvalue weighted by molar-refractivity contribution is 6.42. The summed E-state index contributed by atoms with van der Waals surface area (Å²) in [6.45, 7) is 4.24. The molecule has 2 heterocycles. The van der Waals surface area contributed by atoms with Gasteiger partial charge >= 0.3 is 0 Å². The van der Waals surface area contributed by atoms with Crippen LogP contribution in [0, 0.1) is 0 Å². The Morgan fingerprint density at radius 3 is 2.43 bits per heavy atom. The first-order chi connectivity index (χ1) is 20.2. The molecule has 1 fully saturated rings. The molecule has 2 aliphatic heterocycles. The maximum absolute atomic E-state index is 13.5. The highest BCUT2D eigenvalue weighted by Gasteiger charge is 2.31. The van der Waals surface area contributed by atoms with Gasteiger partial charge < -0.3 is 19.7 Å². The number of ether oxygens (including phenoxy) is 2. The van der Waals surface area contributed by atoms with Crippen LogP contribution in [0.5, 0.6) is 5.75 Å². The molecule has 2 aliphatic rings. The second-order valence-corrected chi connectivity index (χ2v) is 11.1. The standard InChI is InChI=1S/C31H32Cl2N4O5/c1-20(38)34-26-6-4-3-5-23(26)21-7-9-22(10-8-21)28(36-11-13-41-14-12-36)17-35(2)30(39)18-37-27-15-24(32)25(33)16-29(27)42-19-31(37)40/h3-10,15-16,28H,11-14,17-19H2,1-2H3,(H,34,38). The van der Waals surface area contributed by atoms with E-state index in [2.05, 4.69) is 22.3 Å². The lowest BCUT2D eigenvalue weighted by molar-refractivity contribution is -0.131. The van der Waals surface area contributed by atoms with E-state index < -0.39 is 0 Å². The third-order valence-electron chi connectivity index (χ3n) is 7.44. The fourth-order valence-corrected chi connectivity index (χ4v) is 5.54. The Hall–Kier alpha value is -3.63. The maximum Gasteiger partial charge on any atom is 0.265 e. The molecule has 0 radical (unpaired) electrons. The predicted molar refractivity (Wildman–Crippen MR) is 163 cm³/mol. The van der Waals surface area contributed by atoms with E-state index in [9.17, 15) is 14.4 Å². The average Bonchev–Trinajstić information content (AvgIpc) is 2.99. The van der Waals surface area contributed by atoms with Gasteiger partial charge in [-0.05, 0) is 23.3 Å². The largest absolute Gasteiger partial charge is 0.482 e. The van der Waals surface area contributed by atoms with Gasteiger partial charge in [0.25, 0.3) is 5.91 Å². The van der Waals surface area contributed by atoms with E-state index in [1.165, 1.54) is 11.8 Å². The van der Waals surface area contributed by atoms with Crippen molar-refractivity contribution in [2.24, 2.45) is 0 Å². The van der Waals surface area contributed by atoms with Crippen LogP contribution in [-0.2, 0) is 19.1 Å². The number of fused-ring (bicyclic) bond motifs is 1. The van der Waals surface area contributed by atoms with Crippen LogP contribution in [0.1, 0.15) is 18.5 Å². The summed E-state index contributed by atoms with van der Waals surface area (Å²) in [5, 5.41) is 3.48. The topological polar surface area (TPSA) is 91.4 Å². The number of hydrogen-bond acceptors (Lipinski definition) is 6. The quantitative estimate of drug-likeness (QED) is 0.391. The number of carbonyl (C=O) groups is 3. The van der Waals surface area contributed by atoms with Crippen LogP contribution in [0.25, 0.3) is 11.1 Å². The Morgan fingerprint density at radius 1 is 1.02 bits per heavy atom. The molecule has 1 unspecified atom stereocenters. The van der Waals surface area contributed by atoms with Crippen molar-refractivity contribution in [3.8, 4) is 16.9 Å². The summed E-state index contributed by atoms with van der Waals surface area (Å²) >= 11 is 12.3. The van der Waals surface area contributed by atoms with Gasteiger partial charge in [0.1, 0.15) is 12.3 Å². The number of nitrogens with one attached hydrogen (secondary N) is 1. The minimum absolute atomic E-state index is 0.0941. The van der Waals surface area contributed by atoms with Crippen LogP contribution in [0.15, 0.2) is 60.7 Å². The van der Waals surface area contributed by atoms with Crippen LogP contribution >= 0.6 is 23.2 Å². The molecule has 42 heavy (non-hydrogen) atoms. The van der Waals surface area contributed by atoms with Gasteiger partial charge in [0.05, 0.1) is 35.0 Å². The molecule has 1 N–H and O–H groups in total. The van der Waals surface area contributed by atoms with Gasteiger partial charge in [-0.15, -0.1) is 0 Å². The Labute approximate surface area is 254 Å². The molecule has 3 aromatic rings. The van der Waals surface area contributed by atoms with E-state index in [1.54, 1.807) is 24.1 Å². The van der Waals surface area contributed by atoms with Crippen LogP contribution < -0.4 is 15.0 Å². The van der Waals surface area contributed by atoms with Crippen LogP contribution in [0.3, 0.4) is 0 Å². The molecule has 3 amide bonds. The first kappa shape index (κ1) is 29.8. The zero-order valence-electron chi connectivity index (χ0n) is 23.4. The Kier molecular flexibility index (Phi) is 9.33. The van der Waals surface area contributed by atoms with Crippen molar-refractivity contribution in [1.82, 2.24) is 9.80 Å². The number of anilines is 2. The number of benzene rings is 3. The molecular formula is C31H32Cl2N4O5. The van der Waals surface area contributed by atoms with E-state index in [1.807, 2.05) is 36.4 Å².